The topological polar surface area (TPSA) is 70.1 Å². The molecule has 124 valence electrons. The molecule has 1 amide bonds. The highest BCUT2D eigenvalue weighted by Crippen LogP contribution is 2.22. The average Bonchev–Trinajstić information content (AvgIpc) is 2.52. The van der Waals surface area contributed by atoms with E-state index in [0.717, 1.165) is 38.0 Å². The van der Waals surface area contributed by atoms with Crippen LogP contribution in [0, 0.1) is 0 Å². The maximum atomic E-state index is 11.8. The Labute approximate surface area is 135 Å². The van der Waals surface area contributed by atoms with Crippen LogP contribution in [-0.4, -0.2) is 65.8 Å². The fourth-order valence-corrected chi connectivity index (χ4v) is 3.22. The van der Waals surface area contributed by atoms with Crippen LogP contribution in [0.3, 0.4) is 0 Å². The van der Waals surface area contributed by atoms with E-state index < -0.39 is 6.09 Å². The molecular formula is C17H22N2O4. The molecule has 0 bridgehead atoms. The molecule has 1 aromatic carbocycles. The first kappa shape index (κ1) is 15.8. The molecule has 0 spiro atoms. The molecule has 6 nitrogen and oxygen atoms in total. The van der Waals surface area contributed by atoms with E-state index in [1.54, 1.807) is 0 Å². The molecule has 2 aliphatic heterocycles. The van der Waals surface area contributed by atoms with Gasteiger partial charge in [-0.05, 0) is 30.5 Å². The first-order valence-corrected chi connectivity index (χ1v) is 8.06. The maximum absolute atomic E-state index is 11.8. The van der Waals surface area contributed by atoms with Gasteiger partial charge < -0.3 is 14.7 Å². The Morgan fingerprint density at radius 3 is 2.74 bits per heavy atom. The summed E-state index contributed by atoms with van der Waals surface area (Å²) >= 11 is 0. The van der Waals surface area contributed by atoms with E-state index in [-0.39, 0.29) is 12.1 Å². The fraction of sp³-hybridized carbons (Fsp3) is 0.529. The third-order valence-corrected chi connectivity index (χ3v) is 4.56. The molecule has 6 heteroatoms. The van der Waals surface area contributed by atoms with Crippen molar-refractivity contribution >= 4 is 12.1 Å². The SMILES string of the molecule is C[C@H]1Cc2cc(CCN3CCN(C(=O)O)CC3)ccc2C(=O)O1. The second kappa shape index (κ2) is 6.58. The van der Waals surface area contributed by atoms with Gasteiger partial charge in [0.25, 0.3) is 0 Å². The van der Waals surface area contributed by atoms with E-state index in [1.807, 2.05) is 19.1 Å². The van der Waals surface area contributed by atoms with Gasteiger partial charge in [0.2, 0.25) is 0 Å². The Hall–Kier alpha value is -2.08. The van der Waals surface area contributed by atoms with E-state index in [4.69, 9.17) is 9.84 Å². The molecule has 0 saturated carbocycles. The monoisotopic (exact) mass is 318 g/mol. The molecule has 0 unspecified atom stereocenters. The van der Waals surface area contributed by atoms with Crippen LogP contribution in [0.5, 0.6) is 0 Å². The van der Waals surface area contributed by atoms with Crippen LogP contribution in [-0.2, 0) is 17.6 Å². The summed E-state index contributed by atoms with van der Waals surface area (Å²) in [4.78, 5) is 26.5. The Bertz CT molecular complexity index is 609. The van der Waals surface area contributed by atoms with Crippen molar-refractivity contribution in [3.8, 4) is 0 Å². The summed E-state index contributed by atoms with van der Waals surface area (Å²) in [5.74, 6) is -0.227. The zero-order valence-corrected chi connectivity index (χ0v) is 13.3. The molecule has 0 radical (unpaired) electrons. The number of cyclic esters (lactones) is 1. The van der Waals surface area contributed by atoms with Crippen LogP contribution < -0.4 is 0 Å². The standard InChI is InChI=1S/C17H22N2O4/c1-12-10-14-11-13(2-3-15(14)16(20)23-12)4-5-18-6-8-19(9-7-18)17(21)22/h2-3,11-12H,4-10H2,1H3,(H,21,22)/t12-/m0/s1. The van der Waals surface area contributed by atoms with E-state index in [2.05, 4.69) is 11.0 Å². The fourth-order valence-electron chi connectivity index (χ4n) is 3.22. The number of carbonyl (C=O) groups excluding carboxylic acids is 1. The Morgan fingerprint density at radius 2 is 2.04 bits per heavy atom. The normalized spacial score (nSPS) is 21.7. The zero-order valence-electron chi connectivity index (χ0n) is 13.3. The predicted octanol–water partition coefficient (Wildman–Crippen LogP) is 1.63. The lowest BCUT2D eigenvalue weighted by Crippen LogP contribution is -2.48. The zero-order chi connectivity index (χ0) is 16.4. The van der Waals surface area contributed by atoms with Crippen molar-refractivity contribution in [2.24, 2.45) is 0 Å². The van der Waals surface area contributed by atoms with Crippen molar-refractivity contribution in [3.05, 3.63) is 34.9 Å². The summed E-state index contributed by atoms with van der Waals surface area (Å²) in [5.41, 5.74) is 2.97. The molecule has 0 aromatic heterocycles. The van der Waals surface area contributed by atoms with Gasteiger partial charge in [-0.25, -0.2) is 9.59 Å². The molecule has 1 fully saturated rings. The lowest BCUT2D eigenvalue weighted by molar-refractivity contribution is 0.0301. The van der Waals surface area contributed by atoms with Gasteiger partial charge in [-0.3, -0.25) is 4.90 Å². The minimum atomic E-state index is -0.833. The van der Waals surface area contributed by atoms with Crippen LogP contribution in [0.25, 0.3) is 0 Å². The Balaban J connectivity index is 1.56. The number of nitrogens with zero attached hydrogens (tertiary/aromatic N) is 2. The minimum absolute atomic E-state index is 0.0608. The summed E-state index contributed by atoms with van der Waals surface area (Å²) in [6, 6.07) is 5.96. The van der Waals surface area contributed by atoms with Crippen molar-refractivity contribution in [2.45, 2.75) is 25.9 Å². The number of piperazine rings is 1. The van der Waals surface area contributed by atoms with Gasteiger partial charge in [0.15, 0.2) is 0 Å². The van der Waals surface area contributed by atoms with Crippen molar-refractivity contribution in [1.82, 2.24) is 9.80 Å². The number of carbonyl (C=O) groups is 2. The largest absolute Gasteiger partial charge is 0.465 e. The number of benzene rings is 1. The minimum Gasteiger partial charge on any atom is -0.465 e. The molecule has 3 rings (SSSR count). The molecule has 23 heavy (non-hydrogen) atoms. The van der Waals surface area contributed by atoms with Crippen LogP contribution in [0.4, 0.5) is 4.79 Å². The second-order valence-electron chi connectivity index (χ2n) is 6.27. The molecule has 1 atom stereocenters. The third-order valence-electron chi connectivity index (χ3n) is 4.56. The van der Waals surface area contributed by atoms with E-state index >= 15 is 0 Å². The Morgan fingerprint density at radius 1 is 1.30 bits per heavy atom. The van der Waals surface area contributed by atoms with Crippen molar-refractivity contribution in [1.29, 1.82) is 0 Å². The molecule has 1 aromatic rings. The Kier molecular flexibility index (Phi) is 4.52. The molecular weight excluding hydrogens is 296 g/mol. The van der Waals surface area contributed by atoms with Gasteiger partial charge in [-0.1, -0.05) is 12.1 Å². The lowest BCUT2D eigenvalue weighted by Gasteiger charge is -2.33. The molecule has 2 aliphatic rings. The van der Waals surface area contributed by atoms with Crippen molar-refractivity contribution < 1.29 is 19.4 Å². The van der Waals surface area contributed by atoms with Gasteiger partial charge in [0, 0.05) is 39.1 Å². The lowest BCUT2D eigenvalue weighted by atomic mass is 9.96. The number of esters is 1. The first-order chi connectivity index (χ1) is 11.0. The van der Waals surface area contributed by atoms with Crippen molar-refractivity contribution in [3.63, 3.8) is 0 Å². The number of hydrogen-bond donors (Lipinski definition) is 1. The van der Waals surface area contributed by atoms with E-state index in [1.165, 1.54) is 10.5 Å². The summed E-state index contributed by atoms with van der Waals surface area (Å²) in [6.07, 6.45) is 0.783. The summed E-state index contributed by atoms with van der Waals surface area (Å²) in [5, 5.41) is 8.96. The molecule has 1 N–H and O–H groups in total. The quantitative estimate of drug-likeness (QED) is 0.858. The number of ether oxygens (including phenoxy) is 1. The molecule has 0 aliphatic carbocycles. The number of amides is 1. The van der Waals surface area contributed by atoms with Crippen LogP contribution in [0.15, 0.2) is 18.2 Å². The number of hydrogen-bond acceptors (Lipinski definition) is 4. The van der Waals surface area contributed by atoms with Crippen molar-refractivity contribution in [2.75, 3.05) is 32.7 Å². The predicted molar refractivity (Wildman–Crippen MR) is 84.8 cm³/mol. The summed E-state index contributed by atoms with van der Waals surface area (Å²) in [6.45, 7) is 5.52. The van der Waals surface area contributed by atoms with Gasteiger partial charge in [-0.2, -0.15) is 0 Å². The van der Waals surface area contributed by atoms with Crippen LogP contribution >= 0.6 is 0 Å². The second-order valence-corrected chi connectivity index (χ2v) is 6.27. The number of rotatable bonds is 3. The van der Waals surface area contributed by atoms with Gasteiger partial charge >= 0.3 is 12.1 Å². The number of fused-ring (bicyclic) bond motifs is 1. The third kappa shape index (κ3) is 3.64. The van der Waals surface area contributed by atoms with Crippen LogP contribution in [0.2, 0.25) is 0 Å². The smallest absolute Gasteiger partial charge is 0.407 e. The highest BCUT2D eigenvalue weighted by atomic mass is 16.5. The summed E-state index contributed by atoms with van der Waals surface area (Å²) < 4.78 is 5.24. The maximum Gasteiger partial charge on any atom is 0.407 e. The van der Waals surface area contributed by atoms with E-state index in [0.29, 0.717) is 18.7 Å². The molecule has 1 saturated heterocycles. The van der Waals surface area contributed by atoms with Gasteiger partial charge in [-0.15, -0.1) is 0 Å². The summed E-state index contributed by atoms with van der Waals surface area (Å²) in [7, 11) is 0. The van der Waals surface area contributed by atoms with Gasteiger partial charge in [0.05, 0.1) is 5.56 Å². The van der Waals surface area contributed by atoms with Gasteiger partial charge in [0.1, 0.15) is 6.10 Å². The highest BCUT2D eigenvalue weighted by molar-refractivity contribution is 5.92. The molecule has 2 heterocycles. The number of carboxylic acid groups (broad SMARTS) is 1. The highest BCUT2D eigenvalue weighted by Gasteiger charge is 2.24. The average molecular weight is 318 g/mol. The first-order valence-electron chi connectivity index (χ1n) is 8.06. The van der Waals surface area contributed by atoms with E-state index in [9.17, 15) is 9.59 Å². The van der Waals surface area contributed by atoms with Crippen LogP contribution in [0.1, 0.15) is 28.4 Å².